The van der Waals surface area contributed by atoms with Crippen LogP contribution < -0.4 is 5.32 Å². The van der Waals surface area contributed by atoms with E-state index >= 15 is 0 Å². The largest absolute Gasteiger partial charge is 0.466 e. The SMILES string of the molecule is CCCC/C=C\CCCCCCCC(=O)OCCCCCCCCCCCCCC/C=C\CCCCCCCCCCCCC(=O)NC(CO)C(O)CCCCCCCCCCCCCCCCCCC. The predicted molar refractivity (Wildman–Crippen MR) is 310 cm³/mol. The van der Waals surface area contributed by atoms with Crippen LogP contribution in [0.4, 0.5) is 0 Å². The van der Waals surface area contributed by atoms with E-state index in [2.05, 4.69) is 43.5 Å². The molecule has 0 radical (unpaired) electrons. The Morgan fingerprint density at radius 2 is 0.676 bits per heavy atom. The van der Waals surface area contributed by atoms with Crippen LogP contribution in [-0.2, 0) is 14.3 Å². The van der Waals surface area contributed by atoms with E-state index in [9.17, 15) is 19.8 Å². The monoisotopic (exact) mass is 1000 g/mol. The second-order valence-electron chi connectivity index (χ2n) is 22.1. The van der Waals surface area contributed by atoms with Crippen LogP contribution in [-0.4, -0.2) is 47.4 Å². The van der Waals surface area contributed by atoms with Gasteiger partial charge in [0.2, 0.25) is 5.91 Å². The van der Waals surface area contributed by atoms with Crippen LogP contribution in [0.3, 0.4) is 0 Å². The Labute approximate surface area is 443 Å². The summed E-state index contributed by atoms with van der Waals surface area (Å²) in [6.07, 6.45) is 74.8. The Morgan fingerprint density at radius 3 is 1.04 bits per heavy atom. The highest BCUT2D eigenvalue weighted by Gasteiger charge is 2.20. The second kappa shape index (κ2) is 60.9. The second-order valence-corrected chi connectivity index (χ2v) is 22.1. The number of rotatable bonds is 60. The first-order valence-corrected chi connectivity index (χ1v) is 32.1. The van der Waals surface area contributed by atoms with Crippen LogP contribution in [0.15, 0.2) is 24.3 Å². The summed E-state index contributed by atoms with van der Waals surface area (Å²) in [7, 11) is 0. The van der Waals surface area contributed by atoms with Gasteiger partial charge in [0, 0.05) is 12.8 Å². The molecule has 1 amide bonds. The first kappa shape index (κ1) is 69.3. The zero-order chi connectivity index (χ0) is 51.4. The Hall–Kier alpha value is -1.66. The van der Waals surface area contributed by atoms with Crippen LogP contribution >= 0.6 is 0 Å². The molecule has 6 heteroatoms. The molecule has 0 aromatic rings. The van der Waals surface area contributed by atoms with Crippen molar-refractivity contribution in [2.75, 3.05) is 13.2 Å². The summed E-state index contributed by atoms with van der Waals surface area (Å²) in [5.74, 6) is -0.0305. The van der Waals surface area contributed by atoms with Gasteiger partial charge in [-0.2, -0.15) is 0 Å². The van der Waals surface area contributed by atoms with Gasteiger partial charge in [0.25, 0.3) is 0 Å². The minimum absolute atomic E-state index is 0.00354. The van der Waals surface area contributed by atoms with Gasteiger partial charge in [0.05, 0.1) is 25.4 Å². The van der Waals surface area contributed by atoms with E-state index in [1.807, 2.05) is 0 Å². The first-order valence-electron chi connectivity index (χ1n) is 32.1. The molecule has 0 aliphatic carbocycles. The lowest BCUT2D eigenvalue weighted by Gasteiger charge is -2.22. The lowest BCUT2D eigenvalue weighted by molar-refractivity contribution is -0.143. The molecule has 0 aliphatic heterocycles. The zero-order valence-electron chi connectivity index (χ0n) is 48.0. The summed E-state index contributed by atoms with van der Waals surface area (Å²) >= 11 is 0. The van der Waals surface area contributed by atoms with Crippen molar-refractivity contribution in [3.8, 4) is 0 Å². The molecule has 6 nitrogen and oxygen atoms in total. The number of carbonyl (C=O) groups is 2. The van der Waals surface area contributed by atoms with Gasteiger partial charge in [-0.1, -0.05) is 295 Å². The van der Waals surface area contributed by atoms with Crippen molar-refractivity contribution in [2.45, 2.75) is 366 Å². The number of hydrogen-bond donors (Lipinski definition) is 3. The lowest BCUT2D eigenvalue weighted by atomic mass is 10.0. The summed E-state index contributed by atoms with van der Waals surface area (Å²) < 4.78 is 5.46. The number of allylic oxidation sites excluding steroid dienone is 4. The number of carbonyl (C=O) groups excluding carboxylic acids is 2. The van der Waals surface area contributed by atoms with E-state index in [0.717, 1.165) is 44.9 Å². The van der Waals surface area contributed by atoms with Gasteiger partial charge >= 0.3 is 5.97 Å². The standard InChI is InChI=1S/C65H125NO5/c1-3-5-7-9-11-13-15-16-17-28-31-34-38-41-45-49-53-57-63(68)62(61-67)66-64(69)58-54-50-46-42-39-35-32-29-26-24-22-20-18-19-21-23-25-27-30-33-36-40-44-48-52-56-60-71-65(70)59-55-51-47-43-37-14-12-10-8-6-4-2/h10,12,18,20,62-63,67-68H,3-9,11,13-17,19,21-61H2,1-2H3,(H,66,69)/b12-10-,20-18-. The molecule has 420 valence electrons. The number of nitrogens with one attached hydrogen (secondary N) is 1. The fourth-order valence-corrected chi connectivity index (χ4v) is 10.0. The molecule has 0 heterocycles. The van der Waals surface area contributed by atoms with Gasteiger partial charge in [-0.25, -0.2) is 0 Å². The summed E-state index contributed by atoms with van der Waals surface area (Å²) in [5, 5.41) is 23.3. The van der Waals surface area contributed by atoms with Gasteiger partial charge < -0.3 is 20.3 Å². The van der Waals surface area contributed by atoms with Gasteiger partial charge in [0.15, 0.2) is 0 Å². The minimum atomic E-state index is -0.665. The molecule has 0 spiro atoms. The molecule has 71 heavy (non-hydrogen) atoms. The smallest absolute Gasteiger partial charge is 0.305 e. The fourth-order valence-electron chi connectivity index (χ4n) is 10.0. The van der Waals surface area contributed by atoms with Gasteiger partial charge in [-0.3, -0.25) is 9.59 Å². The lowest BCUT2D eigenvalue weighted by Crippen LogP contribution is -2.45. The van der Waals surface area contributed by atoms with Crippen molar-refractivity contribution in [3.05, 3.63) is 24.3 Å². The van der Waals surface area contributed by atoms with Crippen molar-refractivity contribution in [2.24, 2.45) is 0 Å². The molecule has 3 N–H and O–H groups in total. The van der Waals surface area contributed by atoms with Crippen LogP contribution in [0.2, 0.25) is 0 Å². The molecular weight excluding hydrogens is 875 g/mol. The number of amides is 1. The van der Waals surface area contributed by atoms with E-state index in [0.29, 0.717) is 25.9 Å². The Bertz CT molecular complexity index is 1110. The van der Waals surface area contributed by atoms with E-state index in [-0.39, 0.29) is 18.5 Å². The average Bonchev–Trinajstić information content (AvgIpc) is 3.37. The molecule has 0 saturated heterocycles. The predicted octanol–water partition coefficient (Wildman–Crippen LogP) is 20.2. The third-order valence-corrected chi connectivity index (χ3v) is 15.0. The van der Waals surface area contributed by atoms with Crippen molar-refractivity contribution in [3.63, 3.8) is 0 Å². The van der Waals surface area contributed by atoms with Crippen LogP contribution in [0.5, 0.6) is 0 Å². The Balaban J connectivity index is 3.39. The van der Waals surface area contributed by atoms with Crippen molar-refractivity contribution in [1.82, 2.24) is 5.32 Å². The zero-order valence-corrected chi connectivity index (χ0v) is 48.0. The molecule has 2 atom stereocenters. The quantitative estimate of drug-likeness (QED) is 0.0320. The molecule has 2 unspecified atom stereocenters. The summed E-state index contributed by atoms with van der Waals surface area (Å²) in [4.78, 5) is 24.5. The van der Waals surface area contributed by atoms with Crippen molar-refractivity contribution in [1.29, 1.82) is 0 Å². The fraction of sp³-hybridized carbons (Fsp3) is 0.908. The maximum Gasteiger partial charge on any atom is 0.305 e. The van der Waals surface area contributed by atoms with E-state index in [1.165, 1.54) is 276 Å². The highest BCUT2D eigenvalue weighted by atomic mass is 16.5. The third kappa shape index (κ3) is 57.5. The summed E-state index contributed by atoms with van der Waals surface area (Å²) in [6.45, 7) is 4.94. The van der Waals surface area contributed by atoms with E-state index in [1.54, 1.807) is 0 Å². The van der Waals surface area contributed by atoms with E-state index in [4.69, 9.17) is 4.74 Å². The number of esters is 1. The van der Waals surface area contributed by atoms with Crippen LogP contribution in [0.1, 0.15) is 354 Å². The first-order chi connectivity index (χ1) is 35.0. The third-order valence-electron chi connectivity index (χ3n) is 15.0. The maximum atomic E-state index is 12.5. The maximum absolute atomic E-state index is 12.5. The van der Waals surface area contributed by atoms with Gasteiger partial charge in [-0.15, -0.1) is 0 Å². The number of aliphatic hydroxyl groups excluding tert-OH is 2. The molecule has 0 aromatic carbocycles. The normalized spacial score (nSPS) is 12.7. The Kier molecular flexibility index (Phi) is 59.5. The molecule has 0 saturated carbocycles. The van der Waals surface area contributed by atoms with Gasteiger partial charge in [0.1, 0.15) is 0 Å². The molecule has 0 bridgehead atoms. The van der Waals surface area contributed by atoms with Crippen LogP contribution in [0.25, 0.3) is 0 Å². The molecule has 0 aliphatic rings. The highest BCUT2D eigenvalue weighted by molar-refractivity contribution is 5.76. The van der Waals surface area contributed by atoms with Crippen LogP contribution in [0, 0.1) is 0 Å². The van der Waals surface area contributed by atoms with Crippen molar-refractivity contribution < 1.29 is 24.5 Å². The molecule has 0 aromatic heterocycles. The number of aliphatic hydroxyl groups is 2. The summed E-state index contributed by atoms with van der Waals surface area (Å²) in [6, 6.07) is -0.543. The van der Waals surface area contributed by atoms with Crippen molar-refractivity contribution >= 4 is 11.9 Å². The highest BCUT2D eigenvalue weighted by Crippen LogP contribution is 2.18. The molecule has 0 rings (SSSR count). The average molecular weight is 1000 g/mol. The molecule has 0 fully saturated rings. The topological polar surface area (TPSA) is 95.9 Å². The number of hydrogen-bond acceptors (Lipinski definition) is 5. The summed E-state index contributed by atoms with van der Waals surface area (Å²) in [5.41, 5.74) is 0. The molecular formula is C65H125NO5. The van der Waals surface area contributed by atoms with Gasteiger partial charge in [-0.05, 0) is 70.6 Å². The minimum Gasteiger partial charge on any atom is -0.466 e. The van der Waals surface area contributed by atoms with E-state index < -0.39 is 12.1 Å². The number of ether oxygens (including phenoxy) is 1. The Morgan fingerprint density at radius 1 is 0.380 bits per heavy atom. The number of unbranched alkanes of at least 4 members (excludes halogenated alkanes) is 45.